The van der Waals surface area contributed by atoms with E-state index in [-0.39, 0.29) is 5.56 Å². The molecule has 0 aliphatic heterocycles. The summed E-state index contributed by atoms with van der Waals surface area (Å²) in [7, 11) is 3.40. The number of hydrogen-bond acceptors (Lipinski definition) is 5. The second-order valence-electron chi connectivity index (χ2n) is 3.88. The minimum atomic E-state index is -0.154. The summed E-state index contributed by atoms with van der Waals surface area (Å²) in [5, 5.41) is 10.6. The van der Waals surface area contributed by atoms with E-state index in [0.717, 1.165) is 6.21 Å². The smallest absolute Gasteiger partial charge is 0.261 e. The van der Waals surface area contributed by atoms with E-state index in [4.69, 9.17) is 5.41 Å². The standard InChI is InChI=1S/C12H12BrN5O/c1-15-4-7(3-14)11-16-5-8-10(17-11)9(13)6-18(2)12(8)19/h3-6,14-15H,1-2H3/b7-4+,14-3?. The van der Waals surface area contributed by atoms with E-state index in [1.165, 1.54) is 10.8 Å². The third kappa shape index (κ3) is 2.41. The van der Waals surface area contributed by atoms with Crippen molar-refractivity contribution in [2.24, 2.45) is 7.05 Å². The molecule has 0 saturated carbocycles. The van der Waals surface area contributed by atoms with Gasteiger partial charge in [-0.2, -0.15) is 0 Å². The fourth-order valence-corrected chi connectivity index (χ4v) is 2.27. The Morgan fingerprint density at radius 1 is 1.58 bits per heavy atom. The monoisotopic (exact) mass is 321 g/mol. The number of rotatable bonds is 3. The molecule has 2 N–H and O–H groups in total. The van der Waals surface area contributed by atoms with Crippen molar-refractivity contribution in [3.63, 3.8) is 0 Å². The highest BCUT2D eigenvalue weighted by Gasteiger charge is 2.10. The molecule has 6 nitrogen and oxygen atoms in total. The molecule has 0 spiro atoms. The van der Waals surface area contributed by atoms with Crippen LogP contribution in [0.3, 0.4) is 0 Å². The molecule has 0 saturated heterocycles. The molecular formula is C12H12BrN5O. The van der Waals surface area contributed by atoms with E-state index in [1.807, 2.05) is 0 Å². The average Bonchev–Trinajstić information content (AvgIpc) is 2.42. The molecule has 7 heteroatoms. The Morgan fingerprint density at radius 2 is 2.32 bits per heavy atom. The third-order valence-electron chi connectivity index (χ3n) is 2.59. The van der Waals surface area contributed by atoms with Crippen LogP contribution in [0.5, 0.6) is 0 Å². The molecule has 0 unspecified atom stereocenters. The molecule has 2 aromatic heterocycles. The first kappa shape index (κ1) is 13.4. The summed E-state index contributed by atoms with van der Waals surface area (Å²) in [6, 6.07) is 0. The van der Waals surface area contributed by atoms with Crippen LogP contribution in [0.25, 0.3) is 16.5 Å². The van der Waals surface area contributed by atoms with E-state index in [0.29, 0.717) is 26.8 Å². The van der Waals surface area contributed by atoms with Crippen LogP contribution in [-0.2, 0) is 7.05 Å². The molecule has 2 aromatic rings. The van der Waals surface area contributed by atoms with Crippen LogP contribution >= 0.6 is 15.9 Å². The number of aromatic nitrogens is 3. The van der Waals surface area contributed by atoms with Crippen molar-refractivity contribution >= 4 is 38.6 Å². The first-order valence-corrected chi connectivity index (χ1v) is 6.28. The van der Waals surface area contributed by atoms with Crippen LogP contribution in [-0.4, -0.2) is 27.8 Å². The number of nitrogens with one attached hydrogen (secondary N) is 2. The molecule has 2 heterocycles. The highest BCUT2D eigenvalue weighted by molar-refractivity contribution is 9.10. The van der Waals surface area contributed by atoms with Crippen molar-refractivity contribution in [2.75, 3.05) is 7.05 Å². The van der Waals surface area contributed by atoms with Gasteiger partial charge >= 0.3 is 0 Å². The van der Waals surface area contributed by atoms with Crippen molar-refractivity contribution in [2.45, 2.75) is 0 Å². The summed E-state index contributed by atoms with van der Waals surface area (Å²) < 4.78 is 2.18. The molecule has 0 aromatic carbocycles. The maximum atomic E-state index is 11.9. The Bertz CT molecular complexity index is 735. The minimum Gasteiger partial charge on any atom is -0.393 e. The highest BCUT2D eigenvalue weighted by Crippen LogP contribution is 2.19. The van der Waals surface area contributed by atoms with Gasteiger partial charge in [0.2, 0.25) is 0 Å². The maximum Gasteiger partial charge on any atom is 0.261 e. The Hall–Kier alpha value is -2.02. The molecule has 0 fully saturated rings. The molecule has 0 amide bonds. The first-order valence-electron chi connectivity index (χ1n) is 5.48. The average molecular weight is 322 g/mol. The number of allylic oxidation sites excluding steroid dienone is 1. The lowest BCUT2D eigenvalue weighted by atomic mass is 10.2. The molecule has 0 atom stereocenters. The summed E-state index contributed by atoms with van der Waals surface area (Å²) in [5.74, 6) is 0.394. The minimum absolute atomic E-state index is 0.154. The topological polar surface area (TPSA) is 83.7 Å². The van der Waals surface area contributed by atoms with Crippen molar-refractivity contribution in [1.82, 2.24) is 19.9 Å². The number of halogens is 1. The van der Waals surface area contributed by atoms with E-state index < -0.39 is 0 Å². The lowest BCUT2D eigenvalue weighted by Gasteiger charge is -2.06. The second kappa shape index (κ2) is 5.31. The normalized spacial score (nSPS) is 11.6. The lowest BCUT2D eigenvalue weighted by Crippen LogP contribution is -2.17. The van der Waals surface area contributed by atoms with Crippen molar-refractivity contribution in [3.8, 4) is 0 Å². The zero-order valence-electron chi connectivity index (χ0n) is 10.4. The Morgan fingerprint density at radius 3 is 2.95 bits per heavy atom. The van der Waals surface area contributed by atoms with Gasteiger partial charge in [0.15, 0.2) is 5.82 Å². The van der Waals surface area contributed by atoms with Gasteiger partial charge in [0.25, 0.3) is 5.56 Å². The number of fused-ring (bicyclic) bond motifs is 1. The van der Waals surface area contributed by atoms with Gasteiger partial charge in [-0.25, -0.2) is 9.97 Å². The highest BCUT2D eigenvalue weighted by atomic mass is 79.9. The summed E-state index contributed by atoms with van der Waals surface area (Å²) in [4.78, 5) is 20.4. The summed E-state index contributed by atoms with van der Waals surface area (Å²) in [6.07, 6.45) is 5.93. The van der Waals surface area contributed by atoms with Gasteiger partial charge in [0, 0.05) is 38.9 Å². The van der Waals surface area contributed by atoms with Gasteiger partial charge in [-0.1, -0.05) is 0 Å². The zero-order chi connectivity index (χ0) is 14.0. The lowest BCUT2D eigenvalue weighted by molar-refractivity contribution is 0.865. The van der Waals surface area contributed by atoms with Crippen LogP contribution in [0, 0.1) is 5.41 Å². The van der Waals surface area contributed by atoms with Crippen molar-refractivity contribution < 1.29 is 0 Å². The van der Waals surface area contributed by atoms with E-state index in [2.05, 4.69) is 31.2 Å². The van der Waals surface area contributed by atoms with Gasteiger partial charge in [0.05, 0.1) is 20.9 Å². The fourth-order valence-electron chi connectivity index (χ4n) is 1.67. The molecule has 0 bridgehead atoms. The molecule has 2 rings (SSSR count). The molecule has 0 aliphatic rings. The summed E-state index contributed by atoms with van der Waals surface area (Å²) >= 11 is 3.38. The van der Waals surface area contributed by atoms with Gasteiger partial charge < -0.3 is 15.3 Å². The first-order chi connectivity index (χ1) is 9.08. The number of nitrogens with zero attached hydrogens (tertiary/aromatic N) is 3. The molecule has 19 heavy (non-hydrogen) atoms. The number of aryl methyl sites for hydroxylation is 1. The summed E-state index contributed by atoms with van der Waals surface area (Å²) in [6.45, 7) is 0. The fraction of sp³-hybridized carbons (Fsp3) is 0.167. The van der Waals surface area contributed by atoms with E-state index in [9.17, 15) is 4.79 Å². The Balaban J connectivity index is 2.75. The van der Waals surface area contributed by atoms with Crippen LogP contribution in [0.4, 0.5) is 0 Å². The van der Waals surface area contributed by atoms with Gasteiger partial charge in [0.1, 0.15) is 0 Å². The predicted molar refractivity (Wildman–Crippen MR) is 78.3 cm³/mol. The van der Waals surface area contributed by atoms with Crippen LogP contribution in [0.1, 0.15) is 5.82 Å². The number of hydrogen-bond donors (Lipinski definition) is 2. The van der Waals surface area contributed by atoms with Crippen LogP contribution in [0.2, 0.25) is 0 Å². The zero-order valence-corrected chi connectivity index (χ0v) is 12.0. The molecular weight excluding hydrogens is 310 g/mol. The van der Waals surface area contributed by atoms with Crippen molar-refractivity contribution in [3.05, 3.63) is 39.2 Å². The quantitative estimate of drug-likeness (QED) is 0.835. The van der Waals surface area contributed by atoms with Crippen LogP contribution in [0.15, 0.2) is 27.9 Å². The van der Waals surface area contributed by atoms with Crippen LogP contribution < -0.4 is 10.9 Å². The SMILES string of the molecule is CN/C=C(\C=N)c1ncc2c(=O)n(C)cc(Br)c2n1. The van der Waals surface area contributed by atoms with E-state index in [1.54, 1.807) is 26.5 Å². The number of pyridine rings is 1. The van der Waals surface area contributed by atoms with E-state index >= 15 is 0 Å². The molecule has 98 valence electrons. The summed E-state index contributed by atoms with van der Waals surface area (Å²) in [5.41, 5.74) is 0.924. The van der Waals surface area contributed by atoms with Gasteiger partial charge in [-0.15, -0.1) is 0 Å². The van der Waals surface area contributed by atoms with Crippen molar-refractivity contribution in [1.29, 1.82) is 5.41 Å². The third-order valence-corrected chi connectivity index (χ3v) is 3.17. The maximum absolute atomic E-state index is 11.9. The second-order valence-corrected chi connectivity index (χ2v) is 4.74. The molecule has 0 radical (unpaired) electrons. The van der Waals surface area contributed by atoms with Gasteiger partial charge in [-0.3, -0.25) is 4.79 Å². The largest absolute Gasteiger partial charge is 0.393 e. The Kier molecular flexibility index (Phi) is 3.75. The van der Waals surface area contributed by atoms with Gasteiger partial charge in [-0.05, 0) is 15.9 Å². The molecule has 0 aliphatic carbocycles. The predicted octanol–water partition coefficient (Wildman–Crippen LogP) is 1.30. The Labute approximate surface area is 117 Å².